The predicted octanol–water partition coefficient (Wildman–Crippen LogP) is 2.63. The first-order valence-corrected chi connectivity index (χ1v) is 5.15. The molecule has 0 unspecified atom stereocenters. The van der Waals surface area contributed by atoms with Crippen molar-refractivity contribution in [1.29, 1.82) is 0 Å². The van der Waals surface area contributed by atoms with Crippen molar-refractivity contribution in [2.75, 3.05) is 25.6 Å². The first kappa shape index (κ1) is 9.90. The third-order valence-corrected chi connectivity index (χ3v) is 2.38. The molecule has 3 heteroatoms. The molecule has 0 amide bonds. The van der Waals surface area contributed by atoms with E-state index >= 15 is 0 Å². The van der Waals surface area contributed by atoms with E-state index in [1.54, 1.807) is 0 Å². The number of para-hydroxylation sites is 1. The Bertz CT molecular complexity index is 460. The highest BCUT2D eigenvalue weighted by Crippen LogP contribution is 2.35. The highest BCUT2D eigenvalue weighted by molar-refractivity contribution is 5.96. The summed E-state index contributed by atoms with van der Waals surface area (Å²) in [4.78, 5) is 5.36. The zero-order chi connectivity index (χ0) is 10.8. The highest BCUT2D eigenvalue weighted by atomic mass is 16.5. The molecule has 0 spiro atoms. The van der Waals surface area contributed by atoms with Gasteiger partial charge in [-0.3, -0.25) is 0 Å². The van der Waals surface area contributed by atoms with Gasteiger partial charge in [-0.05, 0) is 13.0 Å². The van der Waals surface area contributed by atoms with Gasteiger partial charge in [-0.25, -0.2) is 0 Å². The molecule has 15 heavy (non-hydrogen) atoms. The van der Waals surface area contributed by atoms with Gasteiger partial charge in [-0.1, -0.05) is 18.2 Å². The van der Waals surface area contributed by atoms with Crippen molar-refractivity contribution in [3.8, 4) is 5.88 Å². The number of hydrogen-bond donors (Lipinski definition) is 1. The molecule has 0 fully saturated rings. The second-order valence-electron chi connectivity index (χ2n) is 3.68. The third-order valence-electron chi connectivity index (χ3n) is 2.38. The van der Waals surface area contributed by atoms with Crippen LogP contribution in [0.4, 0.5) is 5.69 Å². The molecule has 3 nitrogen and oxygen atoms in total. The highest BCUT2D eigenvalue weighted by Gasteiger charge is 2.13. The predicted molar refractivity (Wildman–Crippen MR) is 63.8 cm³/mol. The van der Waals surface area contributed by atoms with Crippen molar-refractivity contribution < 1.29 is 4.74 Å². The lowest BCUT2D eigenvalue weighted by atomic mass is 10.2. The fraction of sp³-hybridized carbons (Fsp3) is 0.333. The largest absolute Gasteiger partial charge is 0.478 e. The Morgan fingerprint density at radius 2 is 2.00 bits per heavy atom. The smallest absolute Gasteiger partial charge is 0.216 e. The van der Waals surface area contributed by atoms with Gasteiger partial charge in [0.05, 0.1) is 12.1 Å². The van der Waals surface area contributed by atoms with Crippen LogP contribution < -0.4 is 9.64 Å². The average molecular weight is 204 g/mol. The van der Waals surface area contributed by atoms with Gasteiger partial charge in [0, 0.05) is 19.5 Å². The molecule has 1 aromatic heterocycles. The zero-order valence-corrected chi connectivity index (χ0v) is 9.37. The molecule has 2 rings (SSSR count). The zero-order valence-electron chi connectivity index (χ0n) is 9.37. The minimum atomic E-state index is 0.674. The molecule has 0 aliphatic carbocycles. The number of hydrogen-bond acceptors (Lipinski definition) is 2. The summed E-state index contributed by atoms with van der Waals surface area (Å²) < 4.78 is 5.59. The number of nitrogens with one attached hydrogen (secondary N) is 1. The van der Waals surface area contributed by atoms with Gasteiger partial charge in [0.2, 0.25) is 5.88 Å². The molecular formula is C12H16N2O. The lowest BCUT2D eigenvalue weighted by Gasteiger charge is -2.13. The summed E-state index contributed by atoms with van der Waals surface area (Å²) in [6.45, 7) is 2.67. The fourth-order valence-electron chi connectivity index (χ4n) is 1.80. The quantitative estimate of drug-likeness (QED) is 0.832. The van der Waals surface area contributed by atoms with Crippen molar-refractivity contribution in [1.82, 2.24) is 4.98 Å². The Hall–Kier alpha value is -1.64. The normalized spacial score (nSPS) is 10.6. The molecule has 0 saturated heterocycles. The third kappa shape index (κ3) is 1.65. The first-order valence-electron chi connectivity index (χ1n) is 5.15. The number of rotatable bonds is 3. The molecule has 80 valence electrons. The van der Waals surface area contributed by atoms with Crippen LogP contribution in [0.1, 0.15) is 6.92 Å². The second kappa shape index (κ2) is 3.85. The number of fused-ring (bicyclic) bond motifs is 1. The minimum absolute atomic E-state index is 0.674. The van der Waals surface area contributed by atoms with Crippen LogP contribution in [0.5, 0.6) is 5.88 Å². The molecule has 1 heterocycles. The Morgan fingerprint density at radius 1 is 1.27 bits per heavy atom. The van der Waals surface area contributed by atoms with Crippen molar-refractivity contribution >= 4 is 16.6 Å². The van der Waals surface area contributed by atoms with Gasteiger partial charge in [-0.2, -0.15) is 0 Å². The Morgan fingerprint density at radius 3 is 2.67 bits per heavy atom. The van der Waals surface area contributed by atoms with E-state index in [1.165, 1.54) is 5.39 Å². The first-order chi connectivity index (χ1) is 7.24. The van der Waals surface area contributed by atoms with Crippen molar-refractivity contribution in [2.45, 2.75) is 6.92 Å². The lowest BCUT2D eigenvalue weighted by Crippen LogP contribution is -2.09. The maximum Gasteiger partial charge on any atom is 0.216 e. The molecule has 0 aliphatic rings. The van der Waals surface area contributed by atoms with Gasteiger partial charge in [-0.15, -0.1) is 0 Å². The molecule has 0 saturated carbocycles. The van der Waals surface area contributed by atoms with E-state index in [0.29, 0.717) is 6.61 Å². The van der Waals surface area contributed by atoms with E-state index in [0.717, 1.165) is 17.1 Å². The molecule has 0 radical (unpaired) electrons. The van der Waals surface area contributed by atoms with Crippen molar-refractivity contribution in [3.05, 3.63) is 24.3 Å². The van der Waals surface area contributed by atoms with Crippen LogP contribution in [0.3, 0.4) is 0 Å². The van der Waals surface area contributed by atoms with Crippen LogP contribution in [-0.2, 0) is 0 Å². The maximum absolute atomic E-state index is 5.59. The van der Waals surface area contributed by atoms with Gasteiger partial charge in [0.1, 0.15) is 5.69 Å². The van der Waals surface area contributed by atoms with Crippen LogP contribution >= 0.6 is 0 Å². The fourth-order valence-corrected chi connectivity index (χ4v) is 1.80. The van der Waals surface area contributed by atoms with Gasteiger partial charge >= 0.3 is 0 Å². The van der Waals surface area contributed by atoms with Gasteiger partial charge in [0.25, 0.3) is 0 Å². The van der Waals surface area contributed by atoms with Gasteiger partial charge in [0.15, 0.2) is 0 Å². The van der Waals surface area contributed by atoms with Crippen LogP contribution in [0, 0.1) is 0 Å². The number of anilines is 1. The van der Waals surface area contributed by atoms with E-state index in [2.05, 4.69) is 22.0 Å². The lowest BCUT2D eigenvalue weighted by molar-refractivity contribution is 0.330. The molecule has 1 N–H and O–H groups in total. The van der Waals surface area contributed by atoms with Crippen LogP contribution in [0.2, 0.25) is 0 Å². The number of aromatic nitrogens is 1. The second-order valence-corrected chi connectivity index (χ2v) is 3.68. The summed E-state index contributed by atoms with van der Waals surface area (Å²) in [7, 11) is 4.05. The van der Waals surface area contributed by atoms with Crippen molar-refractivity contribution in [3.63, 3.8) is 0 Å². The van der Waals surface area contributed by atoms with Gasteiger partial charge < -0.3 is 14.6 Å². The summed E-state index contributed by atoms with van der Waals surface area (Å²) in [5, 5.41) is 1.20. The molecular weight excluding hydrogens is 188 g/mol. The Balaban J connectivity index is 2.63. The summed E-state index contributed by atoms with van der Waals surface area (Å²) in [6.07, 6.45) is 0. The monoisotopic (exact) mass is 204 g/mol. The van der Waals surface area contributed by atoms with Crippen LogP contribution in [-0.4, -0.2) is 25.7 Å². The average Bonchev–Trinajstić information content (AvgIpc) is 2.56. The van der Waals surface area contributed by atoms with E-state index < -0.39 is 0 Å². The molecule has 0 aliphatic heterocycles. The summed E-state index contributed by atoms with van der Waals surface area (Å²) in [5.74, 6) is 0.851. The van der Waals surface area contributed by atoms with Crippen LogP contribution in [0.15, 0.2) is 24.3 Å². The van der Waals surface area contributed by atoms with E-state index in [-0.39, 0.29) is 0 Å². The number of nitrogens with zero attached hydrogens (tertiary/aromatic N) is 1. The summed E-state index contributed by atoms with van der Waals surface area (Å²) >= 11 is 0. The standard InChI is InChI=1S/C12H16N2O/c1-4-15-12-11(14(2)3)9-7-5-6-8-10(9)13-12/h5-8,13H,4H2,1-3H3. The number of ether oxygens (including phenoxy) is 1. The van der Waals surface area contributed by atoms with E-state index in [4.69, 9.17) is 4.74 Å². The number of aromatic amines is 1. The molecule has 0 bridgehead atoms. The topological polar surface area (TPSA) is 28.3 Å². The minimum Gasteiger partial charge on any atom is -0.478 e. The summed E-state index contributed by atoms with van der Waals surface area (Å²) in [6, 6.07) is 8.22. The van der Waals surface area contributed by atoms with Crippen molar-refractivity contribution in [2.24, 2.45) is 0 Å². The van der Waals surface area contributed by atoms with Crippen LogP contribution in [0.25, 0.3) is 10.9 Å². The Labute approximate surface area is 89.7 Å². The van der Waals surface area contributed by atoms with E-state index in [1.807, 2.05) is 33.2 Å². The maximum atomic E-state index is 5.59. The van der Waals surface area contributed by atoms with E-state index in [9.17, 15) is 0 Å². The Kier molecular flexibility index (Phi) is 2.54. The molecule has 1 aromatic carbocycles. The summed E-state index contributed by atoms with van der Waals surface area (Å²) in [5.41, 5.74) is 2.23. The SMILES string of the molecule is CCOc1[nH]c2ccccc2c1N(C)C. The molecule has 2 aromatic rings. The number of benzene rings is 1. The number of H-pyrrole nitrogens is 1. The molecule has 0 atom stereocenters.